The largest absolute Gasteiger partial charge is 0.497 e. The highest BCUT2D eigenvalue weighted by Gasteiger charge is 2.17. The first-order valence-corrected chi connectivity index (χ1v) is 6.76. The van der Waals surface area contributed by atoms with Gasteiger partial charge in [-0.2, -0.15) is 0 Å². The molecule has 0 heterocycles. The molecule has 0 bridgehead atoms. The molecule has 106 valence electrons. The van der Waals surface area contributed by atoms with Gasteiger partial charge < -0.3 is 9.84 Å². The Kier molecular flexibility index (Phi) is 4.73. The maximum Gasteiger partial charge on any atom is 0.143 e. The predicted octanol–water partition coefficient (Wildman–Crippen LogP) is 4.01. The Bertz CT molecular complexity index is 617. The number of benzene rings is 2. The van der Waals surface area contributed by atoms with Crippen molar-refractivity contribution < 1.29 is 18.6 Å². The van der Waals surface area contributed by atoms with E-state index in [0.717, 1.165) is 0 Å². The molecule has 0 aliphatic carbocycles. The first kappa shape index (κ1) is 14.9. The Hall–Kier alpha value is -1.46. The van der Waals surface area contributed by atoms with Gasteiger partial charge in [0.2, 0.25) is 0 Å². The average Bonchev–Trinajstić information content (AvgIpc) is 2.47. The molecule has 0 saturated heterocycles. The molecule has 20 heavy (non-hydrogen) atoms. The lowest BCUT2D eigenvalue weighted by atomic mass is 10.0. The van der Waals surface area contributed by atoms with Crippen LogP contribution < -0.4 is 4.74 Å². The van der Waals surface area contributed by atoms with E-state index >= 15 is 0 Å². The SMILES string of the molecule is COc1cccc(C(O)Cc2c(F)ccc(Br)c2F)c1. The van der Waals surface area contributed by atoms with Crippen LogP contribution in [0.15, 0.2) is 40.9 Å². The standard InChI is InChI=1S/C15H13BrF2O2/c1-20-10-4-2-3-9(7-10)14(19)8-11-13(17)6-5-12(16)15(11)18/h2-7,14,19H,8H2,1H3. The highest BCUT2D eigenvalue weighted by Crippen LogP contribution is 2.27. The van der Waals surface area contributed by atoms with E-state index in [9.17, 15) is 13.9 Å². The van der Waals surface area contributed by atoms with Gasteiger partial charge in [-0.15, -0.1) is 0 Å². The van der Waals surface area contributed by atoms with Crippen LogP contribution in [0, 0.1) is 11.6 Å². The van der Waals surface area contributed by atoms with Crippen molar-refractivity contribution in [3.05, 3.63) is 63.6 Å². The third kappa shape index (κ3) is 3.16. The molecule has 1 N–H and O–H groups in total. The van der Waals surface area contributed by atoms with Gasteiger partial charge >= 0.3 is 0 Å². The van der Waals surface area contributed by atoms with Crippen LogP contribution in [-0.4, -0.2) is 12.2 Å². The van der Waals surface area contributed by atoms with Gasteiger partial charge in [-0.05, 0) is 45.8 Å². The summed E-state index contributed by atoms with van der Waals surface area (Å²) in [7, 11) is 1.51. The minimum Gasteiger partial charge on any atom is -0.497 e. The molecule has 0 aromatic heterocycles. The van der Waals surface area contributed by atoms with Gasteiger partial charge in [-0.25, -0.2) is 8.78 Å². The minimum absolute atomic E-state index is 0.144. The number of methoxy groups -OCH3 is 1. The van der Waals surface area contributed by atoms with Crippen molar-refractivity contribution in [2.24, 2.45) is 0 Å². The van der Waals surface area contributed by atoms with Crippen molar-refractivity contribution in [3.63, 3.8) is 0 Å². The topological polar surface area (TPSA) is 29.5 Å². The molecule has 2 nitrogen and oxygen atoms in total. The van der Waals surface area contributed by atoms with Crippen LogP contribution >= 0.6 is 15.9 Å². The number of aliphatic hydroxyl groups is 1. The zero-order chi connectivity index (χ0) is 14.7. The van der Waals surface area contributed by atoms with Gasteiger partial charge in [-0.3, -0.25) is 0 Å². The molecule has 2 rings (SSSR count). The Balaban J connectivity index is 2.27. The number of ether oxygens (including phenoxy) is 1. The fraction of sp³-hybridized carbons (Fsp3) is 0.200. The molecule has 0 amide bonds. The van der Waals surface area contributed by atoms with E-state index in [2.05, 4.69) is 15.9 Å². The maximum absolute atomic E-state index is 13.9. The average molecular weight is 343 g/mol. The molecule has 5 heteroatoms. The third-order valence-electron chi connectivity index (χ3n) is 3.01. The van der Waals surface area contributed by atoms with E-state index in [1.807, 2.05) is 0 Å². The predicted molar refractivity (Wildman–Crippen MR) is 75.7 cm³/mol. The Morgan fingerprint density at radius 2 is 2.00 bits per heavy atom. The minimum atomic E-state index is -1.01. The molecule has 0 fully saturated rings. The lowest BCUT2D eigenvalue weighted by Crippen LogP contribution is -2.06. The molecule has 0 aliphatic heterocycles. The van der Waals surface area contributed by atoms with Crippen molar-refractivity contribution in [1.82, 2.24) is 0 Å². The van der Waals surface area contributed by atoms with E-state index in [1.54, 1.807) is 24.3 Å². The summed E-state index contributed by atoms with van der Waals surface area (Å²) in [4.78, 5) is 0. The molecular weight excluding hydrogens is 330 g/mol. The smallest absolute Gasteiger partial charge is 0.143 e. The fourth-order valence-corrected chi connectivity index (χ4v) is 2.29. The van der Waals surface area contributed by atoms with Crippen molar-refractivity contribution in [1.29, 1.82) is 0 Å². The zero-order valence-corrected chi connectivity index (χ0v) is 12.3. The van der Waals surface area contributed by atoms with E-state index in [1.165, 1.54) is 19.2 Å². The Labute approximate surface area is 124 Å². The van der Waals surface area contributed by atoms with Gasteiger partial charge in [0.05, 0.1) is 17.7 Å². The second kappa shape index (κ2) is 6.33. The van der Waals surface area contributed by atoms with E-state index in [-0.39, 0.29) is 16.5 Å². The van der Waals surface area contributed by atoms with Gasteiger partial charge in [0.1, 0.15) is 17.4 Å². The number of hydrogen-bond donors (Lipinski definition) is 1. The number of aliphatic hydroxyl groups excluding tert-OH is 1. The summed E-state index contributed by atoms with van der Waals surface area (Å²) in [6.45, 7) is 0. The molecule has 2 aromatic rings. The van der Waals surface area contributed by atoms with Crippen molar-refractivity contribution in [2.75, 3.05) is 7.11 Å². The van der Waals surface area contributed by atoms with E-state index < -0.39 is 17.7 Å². The maximum atomic E-state index is 13.9. The first-order valence-electron chi connectivity index (χ1n) is 5.97. The summed E-state index contributed by atoms with van der Waals surface area (Å²) in [6, 6.07) is 9.23. The van der Waals surface area contributed by atoms with Crippen LogP contribution in [0.4, 0.5) is 8.78 Å². The molecule has 0 saturated carbocycles. The molecule has 0 radical (unpaired) electrons. The molecule has 0 aliphatic rings. The normalized spacial score (nSPS) is 12.2. The summed E-state index contributed by atoms with van der Waals surface area (Å²) in [5.41, 5.74) is 0.401. The van der Waals surface area contributed by atoms with Crippen LogP contribution in [0.1, 0.15) is 17.2 Å². The molecule has 1 atom stereocenters. The second-order valence-electron chi connectivity index (χ2n) is 4.32. The molecule has 0 spiro atoms. The summed E-state index contributed by atoms with van der Waals surface area (Å²) in [6.07, 6.45) is -1.16. The lowest BCUT2D eigenvalue weighted by Gasteiger charge is -2.14. The summed E-state index contributed by atoms with van der Waals surface area (Å²) >= 11 is 3.01. The second-order valence-corrected chi connectivity index (χ2v) is 5.17. The van der Waals surface area contributed by atoms with Crippen LogP contribution in [0.3, 0.4) is 0 Å². The van der Waals surface area contributed by atoms with Gasteiger partial charge in [0.25, 0.3) is 0 Å². The Morgan fingerprint density at radius 3 is 2.70 bits per heavy atom. The van der Waals surface area contributed by atoms with Gasteiger partial charge in [0, 0.05) is 12.0 Å². The third-order valence-corrected chi connectivity index (χ3v) is 3.63. The van der Waals surface area contributed by atoms with Crippen LogP contribution in [-0.2, 0) is 6.42 Å². The lowest BCUT2D eigenvalue weighted by molar-refractivity contribution is 0.175. The summed E-state index contributed by atoms with van der Waals surface area (Å²) in [5, 5.41) is 10.1. The Morgan fingerprint density at radius 1 is 1.25 bits per heavy atom. The van der Waals surface area contributed by atoms with Gasteiger partial charge in [-0.1, -0.05) is 12.1 Å². The summed E-state index contributed by atoms with van der Waals surface area (Å²) < 4.78 is 32.7. The molecule has 1 unspecified atom stereocenters. The van der Waals surface area contributed by atoms with Gasteiger partial charge in [0.15, 0.2) is 0 Å². The monoisotopic (exact) mass is 342 g/mol. The van der Waals surface area contributed by atoms with E-state index in [4.69, 9.17) is 4.74 Å². The fourth-order valence-electron chi connectivity index (χ4n) is 1.92. The first-order chi connectivity index (χ1) is 9.52. The molecular formula is C15H13BrF2O2. The van der Waals surface area contributed by atoms with Crippen molar-refractivity contribution in [2.45, 2.75) is 12.5 Å². The number of rotatable bonds is 4. The van der Waals surface area contributed by atoms with Crippen LogP contribution in [0.2, 0.25) is 0 Å². The van der Waals surface area contributed by atoms with Crippen molar-refractivity contribution in [3.8, 4) is 5.75 Å². The highest BCUT2D eigenvalue weighted by molar-refractivity contribution is 9.10. The van der Waals surface area contributed by atoms with E-state index in [0.29, 0.717) is 11.3 Å². The molecule has 2 aromatic carbocycles. The van der Waals surface area contributed by atoms with Crippen LogP contribution in [0.25, 0.3) is 0 Å². The number of halogens is 3. The quantitative estimate of drug-likeness (QED) is 0.850. The van der Waals surface area contributed by atoms with Crippen molar-refractivity contribution >= 4 is 15.9 Å². The highest BCUT2D eigenvalue weighted by atomic mass is 79.9. The summed E-state index contributed by atoms with van der Waals surface area (Å²) in [5.74, 6) is -0.781. The zero-order valence-electron chi connectivity index (χ0n) is 10.7. The number of hydrogen-bond acceptors (Lipinski definition) is 2. The van der Waals surface area contributed by atoms with Crippen LogP contribution in [0.5, 0.6) is 5.75 Å².